The second-order valence-electron chi connectivity index (χ2n) is 5.30. The highest BCUT2D eigenvalue weighted by molar-refractivity contribution is 5.47. The minimum atomic E-state index is -0.889. The Bertz CT molecular complexity index is 400. The predicted molar refractivity (Wildman–Crippen MR) is 65.9 cm³/mol. The van der Waals surface area contributed by atoms with E-state index in [1.807, 2.05) is 0 Å². The van der Waals surface area contributed by atoms with Crippen LogP contribution in [-0.4, -0.2) is 6.04 Å². The van der Waals surface area contributed by atoms with Crippen LogP contribution in [0.5, 0.6) is 0 Å². The molecular weight excluding hydrogens is 239 g/mol. The fraction of sp³-hybridized carbons (Fsp3) is 0.571. The molecule has 0 heterocycles. The first kappa shape index (κ1) is 13.2. The first-order valence-corrected chi connectivity index (χ1v) is 6.40. The van der Waals surface area contributed by atoms with Crippen molar-refractivity contribution in [3.8, 4) is 0 Å². The Balaban J connectivity index is 2.23. The molecule has 1 nitrogen and oxygen atoms in total. The first-order chi connectivity index (χ1) is 8.49. The zero-order valence-corrected chi connectivity index (χ0v) is 10.6. The van der Waals surface area contributed by atoms with Gasteiger partial charge in [0.1, 0.15) is 11.5 Å². The second-order valence-corrected chi connectivity index (χ2v) is 5.30. The molecular formula is C14H18F3N. The van der Waals surface area contributed by atoms with Crippen LogP contribution in [0.1, 0.15) is 33.1 Å². The van der Waals surface area contributed by atoms with Crippen molar-refractivity contribution in [3.05, 3.63) is 29.6 Å². The van der Waals surface area contributed by atoms with E-state index in [0.29, 0.717) is 24.0 Å². The molecule has 1 aromatic carbocycles. The molecule has 0 aromatic heterocycles. The summed E-state index contributed by atoms with van der Waals surface area (Å²) >= 11 is 0. The normalized spacial score (nSPS) is 28.2. The van der Waals surface area contributed by atoms with Crippen molar-refractivity contribution >= 4 is 5.69 Å². The van der Waals surface area contributed by atoms with Gasteiger partial charge in [0.05, 0.1) is 0 Å². The molecule has 0 saturated heterocycles. The first-order valence-electron chi connectivity index (χ1n) is 6.40. The summed E-state index contributed by atoms with van der Waals surface area (Å²) in [4.78, 5) is 0. The number of halogens is 3. The molecule has 2 unspecified atom stereocenters. The van der Waals surface area contributed by atoms with E-state index in [1.165, 1.54) is 0 Å². The molecule has 0 amide bonds. The third-order valence-corrected chi connectivity index (χ3v) is 3.86. The van der Waals surface area contributed by atoms with E-state index in [-0.39, 0.29) is 11.7 Å². The maximum atomic E-state index is 13.6. The van der Waals surface area contributed by atoms with Crippen molar-refractivity contribution in [2.75, 3.05) is 5.32 Å². The van der Waals surface area contributed by atoms with Crippen LogP contribution < -0.4 is 5.32 Å². The zero-order chi connectivity index (χ0) is 13.3. The van der Waals surface area contributed by atoms with Crippen LogP contribution in [0.4, 0.5) is 18.9 Å². The van der Waals surface area contributed by atoms with Crippen LogP contribution in [0.3, 0.4) is 0 Å². The van der Waals surface area contributed by atoms with E-state index in [2.05, 4.69) is 19.2 Å². The van der Waals surface area contributed by atoms with Gasteiger partial charge in [-0.05, 0) is 24.7 Å². The van der Waals surface area contributed by atoms with Crippen LogP contribution in [0, 0.1) is 29.3 Å². The monoisotopic (exact) mass is 257 g/mol. The zero-order valence-electron chi connectivity index (χ0n) is 10.6. The van der Waals surface area contributed by atoms with Crippen molar-refractivity contribution < 1.29 is 13.2 Å². The minimum Gasteiger partial charge on any atom is -0.377 e. The Hall–Kier alpha value is -1.19. The van der Waals surface area contributed by atoms with Gasteiger partial charge in [-0.1, -0.05) is 20.3 Å². The number of hydrogen-bond donors (Lipinski definition) is 1. The molecule has 4 heteroatoms. The van der Waals surface area contributed by atoms with E-state index in [4.69, 9.17) is 0 Å². The lowest BCUT2D eigenvalue weighted by Gasteiger charge is -2.36. The number of anilines is 1. The van der Waals surface area contributed by atoms with E-state index in [9.17, 15) is 13.2 Å². The molecule has 1 aromatic rings. The van der Waals surface area contributed by atoms with Crippen molar-refractivity contribution in [1.82, 2.24) is 0 Å². The summed E-state index contributed by atoms with van der Waals surface area (Å²) in [5.41, 5.74) is -0.206. The van der Waals surface area contributed by atoms with Gasteiger partial charge in [0.25, 0.3) is 0 Å². The fourth-order valence-corrected chi connectivity index (χ4v) is 2.81. The number of nitrogens with one attached hydrogen (secondary N) is 1. The molecule has 18 heavy (non-hydrogen) atoms. The average Bonchev–Trinajstić information content (AvgIpc) is 2.26. The van der Waals surface area contributed by atoms with Crippen LogP contribution in [0.25, 0.3) is 0 Å². The smallest absolute Gasteiger partial charge is 0.152 e. The van der Waals surface area contributed by atoms with E-state index in [0.717, 1.165) is 19.3 Å². The summed E-state index contributed by atoms with van der Waals surface area (Å²) in [5.74, 6) is -1.90. The van der Waals surface area contributed by atoms with Crippen molar-refractivity contribution in [1.29, 1.82) is 0 Å². The highest BCUT2D eigenvalue weighted by Crippen LogP contribution is 2.32. The minimum absolute atomic E-state index is 0.0354. The summed E-state index contributed by atoms with van der Waals surface area (Å²) < 4.78 is 40.0. The number of rotatable bonds is 2. The van der Waals surface area contributed by atoms with Gasteiger partial charge in [-0.15, -0.1) is 0 Å². The molecule has 1 saturated carbocycles. The van der Waals surface area contributed by atoms with Gasteiger partial charge >= 0.3 is 0 Å². The van der Waals surface area contributed by atoms with Crippen molar-refractivity contribution in [2.24, 2.45) is 11.8 Å². The van der Waals surface area contributed by atoms with Gasteiger partial charge in [0.2, 0.25) is 0 Å². The van der Waals surface area contributed by atoms with Crippen LogP contribution >= 0.6 is 0 Å². The maximum absolute atomic E-state index is 13.6. The highest BCUT2D eigenvalue weighted by atomic mass is 19.1. The lowest BCUT2D eigenvalue weighted by Crippen LogP contribution is -2.37. The molecule has 0 spiro atoms. The van der Waals surface area contributed by atoms with Crippen LogP contribution in [-0.2, 0) is 0 Å². The SMILES string of the molecule is CC1CCCC(C)C1Nc1c(F)cc(F)cc1F. The Morgan fingerprint density at radius 1 is 1.00 bits per heavy atom. The molecule has 1 aliphatic rings. The van der Waals surface area contributed by atoms with E-state index < -0.39 is 17.5 Å². The quantitative estimate of drug-likeness (QED) is 0.831. The Morgan fingerprint density at radius 2 is 1.50 bits per heavy atom. The molecule has 1 aliphatic carbocycles. The van der Waals surface area contributed by atoms with E-state index in [1.54, 1.807) is 0 Å². The summed E-state index contributed by atoms with van der Waals surface area (Å²) in [5, 5.41) is 2.93. The predicted octanol–water partition coefficient (Wildman–Crippen LogP) is 4.34. The van der Waals surface area contributed by atoms with Gasteiger partial charge in [0, 0.05) is 18.2 Å². The molecule has 100 valence electrons. The van der Waals surface area contributed by atoms with Crippen molar-refractivity contribution in [2.45, 2.75) is 39.2 Å². The lowest BCUT2D eigenvalue weighted by atomic mass is 9.78. The number of hydrogen-bond acceptors (Lipinski definition) is 1. The number of benzene rings is 1. The second kappa shape index (κ2) is 5.21. The lowest BCUT2D eigenvalue weighted by molar-refractivity contribution is 0.267. The third-order valence-electron chi connectivity index (χ3n) is 3.86. The van der Waals surface area contributed by atoms with Crippen molar-refractivity contribution in [3.63, 3.8) is 0 Å². The van der Waals surface area contributed by atoms with Crippen LogP contribution in [0.15, 0.2) is 12.1 Å². The molecule has 2 rings (SSSR count). The van der Waals surface area contributed by atoms with E-state index >= 15 is 0 Å². The topological polar surface area (TPSA) is 12.0 Å². The molecule has 0 bridgehead atoms. The van der Waals surface area contributed by atoms with Gasteiger partial charge in [0.15, 0.2) is 11.6 Å². The summed E-state index contributed by atoms with van der Waals surface area (Å²) in [6, 6.07) is 1.46. The Kier molecular flexibility index (Phi) is 3.83. The largest absolute Gasteiger partial charge is 0.377 e. The molecule has 1 fully saturated rings. The molecule has 2 atom stereocenters. The third kappa shape index (κ3) is 2.62. The van der Waals surface area contributed by atoms with Gasteiger partial charge in [-0.3, -0.25) is 0 Å². The van der Waals surface area contributed by atoms with Gasteiger partial charge < -0.3 is 5.32 Å². The summed E-state index contributed by atoms with van der Waals surface area (Å²) in [6.45, 7) is 4.15. The van der Waals surface area contributed by atoms with Gasteiger partial charge in [-0.25, -0.2) is 13.2 Å². The molecule has 0 aliphatic heterocycles. The summed E-state index contributed by atoms with van der Waals surface area (Å²) in [7, 11) is 0. The fourth-order valence-electron chi connectivity index (χ4n) is 2.81. The summed E-state index contributed by atoms with van der Waals surface area (Å²) in [6.07, 6.45) is 3.24. The Labute approximate surface area is 105 Å². The van der Waals surface area contributed by atoms with Crippen LogP contribution in [0.2, 0.25) is 0 Å². The molecule has 0 radical (unpaired) electrons. The van der Waals surface area contributed by atoms with Gasteiger partial charge in [-0.2, -0.15) is 0 Å². The average molecular weight is 257 g/mol. The highest BCUT2D eigenvalue weighted by Gasteiger charge is 2.29. The maximum Gasteiger partial charge on any atom is 0.152 e. The standard InChI is InChI=1S/C14H18F3N/c1-8-4-3-5-9(2)13(8)18-14-11(16)6-10(15)7-12(14)17/h6-9,13,18H,3-5H2,1-2H3. The Morgan fingerprint density at radius 3 is 2.00 bits per heavy atom. The molecule has 1 N–H and O–H groups in total.